The van der Waals surface area contributed by atoms with Crippen LogP contribution in [0.1, 0.15) is 35.8 Å². The molecule has 0 radical (unpaired) electrons. The summed E-state index contributed by atoms with van der Waals surface area (Å²) < 4.78 is 10.5. The average Bonchev–Trinajstić information content (AvgIpc) is 3.09. The van der Waals surface area contributed by atoms with E-state index in [2.05, 4.69) is 9.97 Å². The summed E-state index contributed by atoms with van der Waals surface area (Å²) in [6, 6.07) is 6.57. The molecule has 1 N–H and O–H groups in total. The highest BCUT2D eigenvalue weighted by molar-refractivity contribution is 6.31. The number of hydrogen-bond donors (Lipinski definition) is 1. The van der Waals surface area contributed by atoms with Crippen LogP contribution in [0.4, 0.5) is 0 Å². The van der Waals surface area contributed by atoms with Gasteiger partial charge in [-0.25, -0.2) is 9.78 Å². The molecule has 3 rings (SSSR count). The lowest BCUT2D eigenvalue weighted by Gasteiger charge is -2.19. The Morgan fingerprint density at radius 2 is 2.11 bits per heavy atom. The highest BCUT2D eigenvalue weighted by atomic mass is 35.5. The number of carbonyl (C=O) groups excluding carboxylic acids is 1. The van der Waals surface area contributed by atoms with Gasteiger partial charge in [-0.2, -0.15) is 0 Å². The first-order chi connectivity index (χ1) is 13.0. The van der Waals surface area contributed by atoms with Crippen molar-refractivity contribution >= 4 is 28.5 Å². The molecule has 1 aromatic carbocycles. The summed E-state index contributed by atoms with van der Waals surface area (Å²) >= 11 is 6.01. The highest BCUT2D eigenvalue weighted by Gasteiger charge is 2.18. The lowest BCUT2D eigenvalue weighted by Crippen LogP contribution is -2.26. The fourth-order valence-electron chi connectivity index (χ4n) is 2.78. The molecule has 0 spiro atoms. The van der Waals surface area contributed by atoms with E-state index >= 15 is 0 Å². The van der Waals surface area contributed by atoms with Crippen LogP contribution in [0.3, 0.4) is 0 Å². The fraction of sp³-hybridized carbons (Fsp3) is 0.316. The Kier molecular flexibility index (Phi) is 5.93. The molecule has 8 heteroatoms. The minimum atomic E-state index is -0.413. The molecule has 0 saturated carbocycles. The van der Waals surface area contributed by atoms with Gasteiger partial charge in [0.2, 0.25) is 0 Å². The number of H-pyrrole nitrogens is 1. The Morgan fingerprint density at radius 3 is 2.85 bits per heavy atom. The van der Waals surface area contributed by atoms with Gasteiger partial charge < -0.3 is 14.1 Å². The number of benzene rings is 1. The number of halogens is 1. The van der Waals surface area contributed by atoms with Gasteiger partial charge in [0.05, 0.1) is 36.9 Å². The third-order valence-electron chi connectivity index (χ3n) is 4.15. The number of nitrogens with zero attached hydrogens (tertiary/aromatic N) is 2. The number of carbonyl (C=O) groups is 1. The number of hydrogen-bond acceptors (Lipinski definition) is 6. The zero-order valence-corrected chi connectivity index (χ0v) is 15.9. The molecule has 0 aliphatic heterocycles. The van der Waals surface area contributed by atoms with Crippen molar-refractivity contribution in [3.63, 3.8) is 0 Å². The molecule has 2 aromatic heterocycles. The molecule has 3 aromatic rings. The number of furan rings is 1. The number of nitrogens with one attached hydrogen (secondary N) is 1. The largest absolute Gasteiger partial charge is 0.467 e. The van der Waals surface area contributed by atoms with Crippen LogP contribution in [-0.2, 0) is 17.8 Å². The van der Waals surface area contributed by atoms with E-state index in [0.29, 0.717) is 59.3 Å². The van der Waals surface area contributed by atoms with Crippen LogP contribution in [0.25, 0.3) is 10.9 Å². The first kappa shape index (κ1) is 19.1. The van der Waals surface area contributed by atoms with Crippen molar-refractivity contribution in [2.24, 2.45) is 0 Å². The summed E-state index contributed by atoms with van der Waals surface area (Å²) in [6.07, 6.45) is 1.47. The Morgan fingerprint density at radius 1 is 1.30 bits per heavy atom. The quantitative estimate of drug-likeness (QED) is 0.623. The molecule has 0 bridgehead atoms. The average molecular weight is 390 g/mol. The minimum Gasteiger partial charge on any atom is -0.467 e. The van der Waals surface area contributed by atoms with Gasteiger partial charge in [0.15, 0.2) is 0 Å². The number of aromatic nitrogens is 2. The summed E-state index contributed by atoms with van der Waals surface area (Å²) in [5.41, 5.74) is 0.734. The molecule has 0 aliphatic rings. The first-order valence-corrected chi connectivity index (χ1v) is 9.04. The Hall–Kier alpha value is -2.64. The summed E-state index contributed by atoms with van der Waals surface area (Å²) in [4.78, 5) is 33.6. The van der Waals surface area contributed by atoms with Crippen LogP contribution in [0.5, 0.6) is 0 Å². The molecule has 27 heavy (non-hydrogen) atoms. The van der Waals surface area contributed by atoms with Crippen molar-refractivity contribution in [3.8, 4) is 0 Å². The van der Waals surface area contributed by atoms with E-state index in [-0.39, 0.29) is 5.56 Å². The van der Waals surface area contributed by atoms with Crippen molar-refractivity contribution in [3.05, 3.63) is 63.1 Å². The van der Waals surface area contributed by atoms with Gasteiger partial charge in [0, 0.05) is 5.02 Å². The lowest BCUT2D eigenvalue weighted by molar-refractivity contribution is 0.0522. The van der Waals surface area contributed by atoms with Crippen molar-refractivity contribution in [2.75, 3.05) is 13.2 Å². The first-order valence-electron chi connectivity index (χ1n) is 8.66. The molecule has 2 heterocycles. The molecule has 0 aliphatic carbocycles. The number of rotatable bonds is 7. The third-order valence-corrected chi connectivity index (χ3v) is 4.38. The smallest absolute Gasteiger partial charge is 0.341 e. The summed E-state index contributed by atoms with van der Waals surface area (Å²) in [7, 11) is 0. The fourth-order valence-corrected chi connectivity index (χ4v) is 2.95. The van der Waals surface area contributed by atoms with Crippen LogP contribution >= 0.6 is 11.6 Å². The Balaban J connectivity index is 1.82. The van der Waals surface area contributed by atoms with E-state index in [1.165, 1.54) is 6.26 Å². The van der Waals surface area contributed by atoms with Crippen molar-refractivity contribution in [1.29, 1.82) is 0 Å². The van der Waals surface area contributed by atoms with Crippen LogP contribution in [0.15, 0.2) is 39.7 Å². The molecule has 0 atom stereocenters. The van der Waals surface area contributed by atoms with Gasteiger partial charge in [-0.05, 0) is 37.7 Å². The third kappa shape index (κ3) is 4.37. The molecule has 142 valence electrons. The van der Waals surface area contributed by atoms with E-state index in [1.54, 1.807) is 31.2 Å². The molecule has 0 amide bonds. The molecular weight excluding hydrogens is 370 g/mol. The molecular formula is C19H20ClN3O4. The minimum absolute atomic E-state index is 0.215. The number of esters is 1. The van der Waals surface area contributed by atoms with Crippen LogP contribution in [-0.4, -0.2) is 34.0 Å². The maximum absolute atomic E-state index is 12.3. The Bertz CT molecular complexity index is 1010. The van der Waals surface area contributed by atoms with Gasteiger partial charge in [-0.15, -0.1) is 0 Å². The number of aromatic amines is 1. The maximum atomic E-state index is 12.3. The topological polar surface area (TPSA) is 88.4 Å². The van der Waals surface area contributed by atoms with E-state index < -0.39 is 5.97 Å². The molecule has 0 unspecified atom stereocenters. The number of ether oxygens (including phenoxy) is 1. The van der Waals surface area contributed by atoms with Crippen molar-refractivity contribution in [2.45, 2.75) is 26.9 Å². The second-order valence-corrected chi connectivity index (χ2v) is 6.39. The van der Waals surface area contributed by atoms with E-state index in [0.717, 1.165) is 0 Å². The predicted octanol–water partition coefficient (Wildman–Crippen LogP) is 3.37. The normalized spacial score (nSPS) is 11.3. The van der Waals surface area contributed by atoms with Crippen LogP contribution in [0.2, 0.25) is 5.02 Å². The Labute approximate surface area is 160 Å². The van der Waals surface area contributed by atoms with E-state index in [4.69, 9.17) is 20.8 Å². The second kappa shape index (κ2) is 8.37. The molecule has 0 fully saturated rings. The van der Waals surface area contributed by atoms with Gasteiger partial charge in [0.1, 0.15) is 17.1 Å². The van der Waals surface area contributed by atoms with Gasteiger partial charge in [-0.3, -0.25) is 9.69 Å². The van der Waals surface area contributed by atoms with Crippen molar-refractivity contribution in [1.82, 2.24) is 14.9 Å². The summed E-state index contributed by atoms with van der Waals surface area (Å²) in [5, 5.41) is 1.01. The SMILES string of the molecule is CCOC(=O)c1ccoc1CN(CC)Cc1nc2cc(Cl)ccc2c(=O)[nH]1. The standard InChI is InChI=1S/C19H20ClN3O4/c1-3-23(10-16-14(7-8-27-16)19(25)26-4-2)11-17-21-15-9-12(20)5-6-13(15)18(24)22-17/h5-9H,3-4,10-11H2,1-2H3,(H,21,22,24). The van der Waals surface area contributed by atoms with Gasteiger partial charge in [-0.1, -0.05) is 18.5 Å². The van der Waals surface area contributed by atoms with E-state index in [1.807, 2.05) is 11.8 Å². The van der Waals surface area contributed by atoms with Gasteiger partial charge >= 0.3 is 5.97 Å². The highest BCUT2D eigenvalue weighted by Crippen LogP contribution is 2.17. The monoisotopic (exact) mass is 389 g/mol. The van der Waals surface area contributed by atoms with Crippen LogP contribution < -0.4 is 5.56 Å². The molecule has 7 nitrogen and oxygen atoms in total. The van der Waals surface area contributed by atoms with Gasteiger partial charge in [0.25, 0.3) is 5.56 Å². The second-order valence-electron chi connectivity index (χ2n) is 5.96. The zero-order valence-electron chi connectivity index (χ0n) is 15.1. The predicted molar refractivity (Wildman–Crippen MR) is 102 cm³/mol. The molecule has 0 saturated heterocycles. The zero-order chi connectivity index (χ0) is 19.4. The maximum Gasteiger partial charge on any atom is 0.341 e. The number of fused-ring (bicyclic) bond motifs is 1. The van der Waals surface area contributed by atoms with Crippen LogP contribution in [0, 0.1) is 0 Å². The summed E-state index contributed by atoms with van der Waals surface area (Å²) in [6.45, 7) is 5.46. The lowest BCUT2D eigenvalue weighted by atomic mass is 10.2. The summed E-state index contributed by atoms with van der Waals surface area (Å²) in [5.74, 6) is 0.617. The van der Waals surface area contributed by atoms with E-state index in [9.17, 15) is 9.59 Å². The van der Waals surface area contributed by atoms with Crippen molar-refractivity contribution < 1.29 is 13.9 Å².